The quantitative estimate of drug-likeness (QED) is 0.765. The van der Waals surface area contributed by atoms with Gasteiger partial charge in [-0.05, 0) is 48.8 Å². The van der Waals surface area contributed by atoms with E-state index in [1.807, 2.05) is 11.8 Å². The van der Waals surface area contributed by atoms with Crippen LogP contribution in [0.2, 0.25) is 0 Å². The molecule has 1 N–H and O–H groups in total. The van der Waals surface area contributed by atoms with E-state index in [1.165, 1.54) is 28.0 Å². The van der Waals surface area contributed by atoms with E-state index in [4.69, 9.17) is 0 Å². The highest BCUT2D eigenvalue weighted by molar-refractivity contribution is 8.00. The van der Waals surface area contributed by atoms with Crippen LogP contribution in [-0.4, -0.2) is 17.0 Å². The topological polar surface area (TPSA) is 20.2 Å². The van der Waals surface area contributed by atoms with Crippen LogP contribution < -0.4 is 0 Å². The summed E-state index contributed by atoms with van der Waals surface area (Å²) in [6.45, 7) is 6.68. The Balaban J connectivity index is 2.11. The maximum Gasteiger partial charge on any atom is 0.0559 e. The van der Waals surface area contributed by atoms with Crippen LogP contribution in [0.15, 0.2) is 35.2 Å². The van der Waals surface area contributed by atoms with Gasteiger partial charge in [0.15, 0.2) is 0 Å². The van der Waals surface area contributed by atoms with Crippen molar-refractivity contribution in [2.75, 3.05) is 6.61 Å². The van der Waals surface area contributed by atoms with Gasteiger partial charge in [-0.1, -0.05) is 24.3 Å². The first-order valence-corrected chi connectivity index (χ1v) is 7.13. The normalized spacial score (nSPS) is 31.2. The lowest BCUT2D eigenvalue weighted by Crippen LogP contribution is -2.19. The lowest BCUT2D eigenvalue weighted by atomic mass is 9.92. The Morgan fingerprint density at radius 1 is 1.47 bits per heavy atom. The highest BCUT2D eigenvalue weighted by atomic mass is 32.2. The number of thioether (sulfide) groups is 1. The molecule has 0 radical (unpaired) electrons. The molecule has 2 aliphatic rings. The van der Waals surface area contributed by atoms with Crippen LogP contribution in [0.1, 0.15) is 29.9 Å². The summed E-state index contributed by atoms with van der Waals surface area (Å²) in [5.74, 6) is 1.13. The highest BCUT2D eigenvalue weighted by Crippen LogP contribution is 2.53. The maximum absolute atomic E-state index is 9.59. The van der Waals surface area contributed by atoms with Gasteiger partial charge in [0, 0.05) is 10.1 Å². The molecule has 1 aromatic rings. The second-order valence-electron chi connectivity index (χ2n) is 5.23. The average Bonchev–Trinajstić information content (AvgIpc) is 2.58. The Morgan fingerprint density at radius 3 is 3.06 bits per heavy atom. The zero-order chi connectivity index (χ0) is 12.0. The molecule has 1 nitrogen and oxygen atoms in total. The van der Waals surface area contributed by atoms with Crippen molar-refractivity contribution in [1.29, 1.82) is 0 Å². The SMILES string of the molecule is C=C1CC2CC1C(CO)Sc1cccc(C)c12. The Kier molecular flexibility index (Phi) is 2.80. The number of allylic oxidation sites excluding steroid dienone is 1. The third-order valence-corrected chi connectivity index (χ3v) is 5.56. The second-order valence-corrected chi connectivity index (χ2v) is 6.51. The molecular weight excluding hydrogens is 228 g/mol. The number of hydrogen-bond donors (Lipinski definition) is 1. The molecule has 17 heavy (non-hydrogen) atoms. The summed E-state index contributed by atoms with van der Waals surface area (Å²) in [7, 11) is 0. The van der Waals surface area contributed by atoms with Crippen LogP contribution in [0.5, 0.6) is 0 Å². The number of fused-ring (bicyclic) bond motifs is 4. The zero-order valence-electron chi connectivity index (χ0n) is 10.1. The third-order valence-electron chi connectivity index (χ3n) is 4.17. The van der Waals surface area contributed by atoms with E-state index in [9.17, 15) is 5.11 Å². The predicted molar refractivity (Wildman–Crippen MR) is 72.5 cm³/mol. The molecule has 1 aliphatic heterocycles. The maximum atomic E-state index is 9.59. The highest BCUT2D eigenvalue weighted by Gasteiger charge is 2.39. The van der Waals surface area contributed by atoms with Gasteiger partial charge in [0.25, 0.3) is 0 Å². The molecule has 1 heterocycles. The molecule has 0 aromatic heterocycles. The van der Waals surface area contributed by atoms with Crippen LogP contribution in [0, 0.1) is 12.8 Å². The van der Waals surface area contributed by atoms with Gasteiger partial charge in [0.1, 0.15) is 0 Å². The van der Waals surface area contributed by atoms with Gasteiger partial charge in [0.2, 0.25) is 0 Å². The fraction of sp³-hybridized carbons (Fsp3) is 0.467. The van der Waals surface area contributed by atoms with Gasteiger partial charge in [-0.15, -0.1) is 11.8 Å². The van der Waals surface area contributed by atoms with Gasteiger partial charge in [-0.3, -0.25) is 0 Å². The van der Waals surface area contributed by atoms with Crippen LogP contribution in [-0.2, 0) is 0 Å². The van der Waals surface area contributed by atoms with Gasteiger partial charge in [-0.2, -0.15) is 0 Å². The molecule has 0 spiro atoms. The standard InChI is InChI=1S/C15H18OS/c1-9-4-3-5-13-15(9)11-6-10(2)12(7-11)14(8-16)17-13/h3-5,11-12,14,16H,2,6-8H2,1H3. The molecule has 1 aliphatic carbocycles. The molecule has 0 amide bonds. The summed E-state index contributed by atoms with van der Waals surface area (Å²) in [6.07, 6.45) is 2.29. The summed E-state index contributed by atoms with van der Waals surface area (Å²) in [5, 5.41) is 9.89. The summed E-state index contributed by atoms with van der Waals surface area (Å²) in [6, 6.07) is 6.54. The van der Waals surface area contributed by atoms with Crippen molar-refractivity contribution in [3.63, 3.8) is 0 Å². The summed E-state index contributed by atoms with van der Waals surface area (Å²) in [5.41, 5.74) is 4.25. The van der Waals surface area contributed by atoms with E-state index < -0.39 is 0 Å². The molecular formula is C15H18OS. The molecule has 2 heteroatoms. The van der Waals surface area contributed by atoms with Crippen LogP contribution in [0.3, 0.4) is 0 Å². The molecule has 3 rings (SSSR count). The number of aryl methyl sites for hydroxylation is 1. The Bertz CT molecular complexity index is 466. The number of benzene rings is 1. The first-order valence-electron chi connectivity index (χ1n) is 6.25. The van der Waals surface area contributed by atoms with Crippen LogP contribution in [0.25, 0.3) is 0 Å². The minimum absolute atomic E-state index is 0.258. The van der Waals surface area contributed by atoms with Gasteiger partial charge < -0.3 is 5.11 Å². The molecule has 3 atom stereocenters. The fourth-order valence-corrected chi connectivity index (χ4v) is 4.83. The van der Waals surface area contributed by atoms with Crippen molar-refractivity contribution in [3.8, 4) is 0 Å². The minimum Gasteiger partial charge on any atom is -0.395 e. The van der Waals surface area contributed by atoms with E-state index in [2.05, 4.69) is 31.7 Å². The van der Waals surface area contributed by atoms with E-state index in [-0.39, 0.29) is 6.61 Å². The lowest BCUT2D eigenvalue weighted by molar-refractivity contribution is 0.275. The Labute approximate surface area is 107 Å². The summed E-state index contributed by atoms with van der Waals surface area (Å²) in [4.78, 5) is 1.38. The van der Waals surface area contributed by atoms with Crippen molar-refractivity contribution < 1.29 is 5.11 Å². The predicted octanol–water partition coefficient (Wildman–Crippen LogP) is 3.51. The van der Waals surface area contributed by atoms with Gasteiger partial charge >= 0.3 is 0 Å². The Hall–Kier alpha value is -0.730. The molecule has 2 bridgehead atoms. The number of aliphatic hydroxyl groups is 1. The van der Waals surface area contributed by atoms with Crippen molar-refractivity contribution >= 4 is 11.8 Å². The number of aliphatic hydroxyl groups excluding tert-OH is 1. The van der Waals surface area contributed by atoms with E-state index >= 15 is 0 Å². The minimum atomic E-state index is 0.258. The number of rotatable bonds is 1. The van der Waals surface area contributed by atoms with Crippen molar-refractivity contribution in [2.45, 2.75) is 35.8 Å². The molecule has 1 aromatic carbocycles. The Morgan fingerprint density at radius 2 is 2.29 bits per heavy atom. The zero-order valence-corrected chi connectivity index (χ0v) is 11.0. The molecule has 3 unspecified atom stereocenters. The number of hydrogen-bond acceptors (Lipinski definition) is 2. The van der Waals surface area contributed by atoms with E-state index in [0.29, 0.717) is 17.1 Å². The van der Waals surface area contributed by atoms with Crippen molar-refractivity contribution in [2.24, 2.45) is 5.92 Å². The second kappa shape index (κ2) is 4.18. The van der Waals surface area contributed by atoms with Crippen molar-refractivity contribution in [3.05, 3.63) is 41.5 Å². The first-order chi connectivity index (χ1) is 8.20. The summed E-state index contributed by atoms with van der Waals surface area (Å²) >= 11 is 1.85. The smallest absolute Gasteiger partial charge is 0.0559 e. The average molecular weight is 246 g/mol. The van der Waals surface area contributed by atoms with E-state index in [0.717, 1.165) is 6.42 Å². The molecule has 0 saturated heterocycles. The molecule has 1 fully saturated rings. The first kappa shape index (κ1) is 11.4. The molecule has 90 valence electrons. The lowest BCUT2D eigenvalue weighted by Gasteiger charge is -2.22. The van der Waals surface area contributed by atoms with E-state index in [1.54, 1.807) is 0 Å². The van der Waals surface area contributed by atoms with Crippen LogP contribution >= 0.6 is 11.8 Å². The summed E-state index contributed by atoms with van der Waals surface area (Å²) < 4.78 is 0. The third kappa shape index (κ3) is 1.74. The monoisotopic (exact) mass is 246 g/mol. The largest absolute Gasteiger partial charge is 0.395 e. The van der Waals surface area contributed by atoms with Crippen molar-refractivity contribution in [1.82, 2.24) is 0 Å². The molecule has 1 saturated carbocycles. The van der Waals surface area contributed by atoms with Gasteiger partial charge in [0.05, 0.1) is 6.61 Å². The van der Waals surface area contributed by atoms with Gasteiger partial charge in [-0.25, -0.2) is 0 Å². The van der Waals surface area contributed by atoms with Crippen LogP contribution in [0.4, 0.5) is 0 Å². The fourth-order valence-electron chi connectivity index (χ4n) is 3.35.